The van der Waals surface area contributed by atoms with Crippen LogP contribution < -0.4 is 16.1 Å². The fourth-order valence-corrected chi connectivity index (χ4v) is 5.67. The van der Waals surface area contributed by atoms with Gasteiger partial charge in [-0.2, -0.15) is 0 Å². The van der Waals surface area contributed by atoms with E-state index in [9.17, 15) is 9.59 Å². The molecule has 2 aromatic heterocycles. The quantitative estimate of drug-likeness (QED) is 0.243. The monoisotopic (exact) mass is 584 g/mol. The lowest BCUT2D eigenvalue weighted by molar-refractivity contribution is 0.138. The summed E-state index contributed by atoms with van der Waals surface area (Å²) in [6.07, 6.45) is 2.90. The SMILES string of the molecule is CCCc1nc(C)n(-c2ccc3c(c2)CC(C)(C)O3)c(=O)c1Cc1ccc(-c2ccccc2-c2noc(=O)[nH]2)cc1.Cl. The molecular formula is C33H33ClN4O4. The van der Waals surface area contributed by atoms with E-state index >= 15 is 0 Å². The number of aromatic nitrogens is 4. The molecular weight excluding hydrogens is 552 g/mol. The second-order valence-electron chi connectivity index (χ2n) is 11.2. The minimum absolute atomic E-state index is 0. The van der Waals surface area contributed by atoms with E-state index in [4.69, 9.17) is 14.2 Å². The first-order valence-electron chi connectivity index (χ1n) is 13.9. The van der Waals surface area contributed by atoms with E-state index in [1.165, 1.54) is 0 Å². The highest BCUT2D eigenvalue weighted by molar-refractivity contribution is 5.85. The van der Waals surface area contributed by atoms with E-state index in [2.05, 4.69) is 37.0 Å². The summed E-state index contributed by atoms with van der Waals surface area (Å²) in [7, 11) is 0. The normalized spacial score (nSPS) is 13.3. The fraction of sp³-hybridized carbons (Fsp3) is 0.273. The van der Waals surface area contributed by atoms with Gasteiger partial charge in [0.25, 0.3) is 5.56 Å². The third-order valence-electron chi connectivity index (χ3n) is 7.49. The Kier molecular flexibility index (Phi) is 7.93. The number of nitrogens with one attached hydrogen (secondary N) is 1. The number of hydrogen-bond donors (Lipinski definition) is 1. The summed E-state index contributed by atoms with van der Waals surface area (Å²) in [5.41, 5.74) is 6.83. The second kappa shape index (κ2) is 11.4. The Labute approximate surface area is 249 Å². The van der Waals surface area contributed by atoms with Gasteiger partial charge in [0.05, 0.1) is 11.4 Å². The first-order valence-corrected chi connectivity index (χ1v) is 13.9. The van der Waals surface area contributed by atoms with E-state index in [1.807, 2.05) is 67.6 Å². The zero-order chi connectivity index (χ0) is 28.7. The molecule has 0 unspecified atom stereocenters. The van der Waals surface area contributed by atoms with Crippen LogP contribution in [0.3, 0.4) is 0 Å². The molecule has 6 rings (SSSR count). The van der Waals surface area contributed by atoms with Gasteiger partial charge < -0.3 is 4.74 Å². The van der Waals surface area contributed by atoms with Crippen molar-refractivity contribution in [2.75, 3.05) is 0 Å². The average molecular weight is 585 g/mol. The van der Waals surface area contributed by atoms with Crippen molar-refractivity contribution in [3.63, 3.8) is 0 Å². The number of rotatable bonds is 7. The van der Waals surface area contributed by atoms with Crippen molar-refractivity contribution in [3.8, 4) is 34.0 Å². The van der Waals surface area contributed by atoms with Crippen molar-refractivity contribution in [3.05, 3.63) is 116 Å². The smallest absolute Gasteiger partial charge is 0.439 e. The Balaban J connectivity index is 0.00000353. The van der Waals surface area contributed by atoms with Gasteiger partial charge in [-0.3, -0.25) is 18.9 Å². The molecule has 216 valence electrons. The van der Waals surface area contributed by atoms with Gasteiger partial charge in [-0.1, -0.05) is 67.0 Å². The number of nitrogens with zero attached hydrogens (tertiary/aromatic N) is 3. The van der Waals surface area contributed by atoms with E-state index in [1.54, 1.807) is 4.57 Å². The highest BCUT2D eigenvalue weighted by Gasteiger charge is 2.30. The molecule has 0 spiro atoms. The molecule has 42 heavy (non-hydrogen) atoms. The number of ether oxygens (including phenoxy) is 1. The van der Waals surface area contributed by atoms with Crippen molar-refractivity contribution < 1.29 is 9.26 Å². The summed E-state index contributed by atoms with van der Waals surface area (Å²) < 4.78 is 12.5. The van der Waals surface area contributed by atoms with Gasteiger partial charge in [0.1, 0.15) is 17.2 Å². The second-order valence-corrected chi connectivity index (χ2v) is 11.2. The van der Waals surface area contributed by atoms with E-state index in [0.29, 0.717) is 23.6 Å². The lowest BCUT2D eigenvalue weighted by Crippen LogP contribution is -2.28. The maximum absolute atomic E-state index is 14.1. The summed E-state index contributed by atoms with van der Waals surface area (Å²) in [6.45, 7) is 8.14. The first-order chi connectivity index (χ1) is 19.7. The number of aromatic amines is 1. The maximum Gasteiger partial charge on any atom is 0.439 e. The summed E-state index contributed by atoms with van der Waals surface area (Å²) in [5, 5.41) is 3.85. The van der Waals surface area contributed by atoms with Crippen LogP contribution in [0.5, 0.6) is 5.75 Å². The molecule has 1 aliphatic heterocycles. The van der Waals surface area contributed by atoms with Crippen LogP contribution in [0, 0.1) is 6.92 Å². The number of aryl methyl sites for hydroxylation is 2. The van der Waals surface area contributed by atoms with Gasteiger partial charge in [-0.05, 0) is 62.1 Å². The predicted molar refractivity (Wildman–Crippen MR) is 165 cm³/mol. The molecule has 1 aliphatic rings. The van der Waals surface area contributed by atoms with Crippen LogP contribution in [0.15, 0.2) is 80.8 Å². The van der Waals surface area contributed by atoms with Crippen LogP contribution in [-0.2, 0) is 19.3 Å². The lowest BCUT2D eigenvalue weighted by atomic mass is 9.96. The summed E-state index contributed by atoms with van der Waals surface area (Å²) in [4.78, 5) is 33.1. The van der Waals surface area contributed by atoms with Crippen LogP contribution >= 0.6 is 12.4 Å². The Morgan fingerprint density at radius 1 is 1.00 bits per heavy atom. The van der Waals surface area contributed by atoms with Crippen molar-refractivity contribution >= 4 is 12.4 Å². The van der Waals surface area contributed by atoms with Crippen LogP contribution in [0.25, 0.3) is 28.2 Å². The minimum atomic E-state index is -0.595. The average Bonchev–Trinajstić information content (AvgIpc) is 3.52. The standard InChI is InChI=1S/C33H32N4O4.ClH/c1-5-8-28-27(31(38)37(20(2)34-28)24-15-16-29-23(18-24)19-33(3,4)40-29)17-21-11-13-22(14-12-21)25-9-6-7-10-26(25)30-35-32(39)41-36-30;/h6-7,9-16,18H,5,8,17,19H2,1-4H3,(H,35,36,39);1H. The van der Waals surface area contributed by atoms with Crippen LogP contribution in [-0.4, -0.2) is 25.3 Å². The topological polar surface area (TPSA) is 103 Å². The third kappa shape index (κ3) is 5.54. The van der Waals surface area contributed by atoms with Crippen LogP contribution in [0.4, 0.5) is 0 Å². The number of H-pyrrole nitrogens is 1. The van der Waals surface area contributed by atoms with Crippen molar-refractivity contribution in [1.82, 2.24) is 19.7 Å². The van der Waals surface area contributed by atoms with Gasteiger partial charge in [-0.25, -0.2) is 9.78 Å². The number of benzene rings is 3. The van der Waals surface area contributed by atoms with E-state index < -0.39 is 5.76 Å². The molecule has 3 aromatic carbocycles. The molecule has 0 amide bonds. The molecule has 0 bridgehead atoms. The van der Waals surface area contributed by atoms with E-state index in [-0.39, 0.29) is 23.6 Å². The molecule has 1 N–H and O–H groups in total. The Morgan fingerprint density at radius 3 is 2.43 bits per heavy atom. The maximum atomic E-state index is 14.1. The molecule has 5 aromatic rings. The fourth-order valence-electron chi connectivity index (χ4n) is 5.67. The number of halogens is 1. The Bertz CT molecular complexity index is 1870. The van der Waals surface area contributed by atoms with Gasteiger partial charge >= 0.3 is 5.76 Å². The zero-order valence-electron chi connectivity index (χ0n) is 24.1. The molecule has 9 heteroatoms. The van der Waals surface area contributed by atoms with Crippen molar-refractivity contribution in [1.29, 1.82) is 0 Å². The summed E-state index contributed by atoms with van der Waals surface area (Å²) in [5.74, 6) is 1.34. The highest BCUT2D eigenvalue weighted by atomic mass is 35.5. The van der Waals surface area contributed by atoms with Crippen LogP contribution in [0.2, 0.25) is 0 Å². The molecule has 3 heterocycles. The molecule has 0 saturated carbocycles. The largest absolute Gasteiger partial charge is 0.487 e. The van der Waals surface area contributed by atoms with Crippen LogP contribution in [0.1, 0.15) is 55.4 Å². The number of fused-ring (bicyclic) bond motifs is 1. The zero-order valence-corrected chi connectivity index (χ0v) is 24.9. The highest BCUT2D eigenvalue weighted by Crippen LogP contribution is 2.36. The summed E-state index contributed by atoms with van der Waals surface area (Å²) >= 11 is 0. The Hall–Kier alpha value is -4.43. The molecule has 0 radical (unpaired) electrons. The molecule has 0 fully saturated rings. The molecule has 8 nitrogen and oxygen atoms in total. The lowest BCUT2D eigenvalue weighted by Gasteiger charge is -2.16. The first kappa shape index (κ1) is 29.1. The predicted octanol–water partition coefficient (Wildman–Crippen LogP) is 6.23. The van der Waals surface area contributed by atoms with E-state index in [0.717, 1.165) is 64.2 Å². The minimum Gasteiger partial charge on any atom is -0.487 e. The van der Waals surface area contributed by atoms with Gasteiger partial charge in [0, 0.05) is 29.5 Å². The Morgan fingerprint density at radius 2 is 1.74 bits per heavy atom. The van der Waals surface area contributed by atoms with Gasteiger partial charge in [0.15, 0.2) is 5.82 Å². The van der Waals surface area contributed by atoms with Crippen molar-refractivity contribution in [2.45, 2.75) is 59.0 Å². The molecule has 0 aliphatic carbocycles. The molecule has 0 atom stereocenters. The number of hydrogen-bond acceptors (Lipinski definition) is 6. The van der Waals surface area contributed by atoms with Gasteiger partial charge in [-0.15, -0.1) is 12.4 Å². The van der Waals surface area contributed by atoms with Crippen molar-refractivity contribution in [2.24, 2.45) is 0 Å². The van der Waals surface area contributed by atoms with Gasteiger partial charge in [0.2, 0.25) is 0 Å². The molecule has 0 saturated heterocycles. The third-order valence-corrected chi connectivity index (χ3v) is 7.49. The summed E-state index contributed by atoms with van der Waals surface area (Å²) in [6, 6.07) is 21.7.